The molecule has 1 aromatic carbocycles. The minimum atomic E-state index is 0.563. The first-order valence-corrected chi connectivity index (χ1v) is 6.63. The van der Waals surface area contributed by atoms with E-state index in [4.69, 9.17) is 0 Å². The highest BCUT2D eigenvalue weighted by atomic mass is 15.0. The van der Waals surface area contributed by atoms with Gasteiger partial charge >= 0.3 is 0 Å². The summed E-state index contributed by atoms with van der Waals surface area (Å²) in [5, 5.41) is 3.57. The van der Waals surface area contributed by atoms with Gasteiger partial charge in [0.25, 0.3) is 0 Å². The van der Waals surface area contributed by atoms with Crippen molar-refractivity contribution in [1.82, 2.24) is 9.55 Å². The minimum Gasteiger partial charge on any atom is -0.382 e. The van der Waals surface area contributed by atoms with Crippen LogP contribution in [0.25, 0.3) is 0 Å². The zero-order valence-corrected chi connectivity index (χ0v) is 11.1. The molecule has 1 aromatic heterocycles. The van der Waals surface area contributed by atoms with Crippen molar-refractivity contribution >= 4 is 5.69 Å². The standard InChI is InChI=1S/C15H21N3/c1-3-14(4-2)17-15-7-5-6-13(10-15)11-18-9-8-16-12-18/h5-10,12,14,17H,3-4,11H2,1-2H3. The molecule has 0 bridgehead atoms. The smallest absolute Gasteiger partial charge is 0.0949 e. The molecule has 0 unspecified atom stereocenters. The zero-order valence-electron chi connectivity index (χ0n) is 11.1. The van der Waals surface area contributed by atoms with Gasteiger partial charge in [-0.3, -0.25) is 0 Å². The van der Waals surface area contributed by atoms with E-state index in [1.165, 1.54) is 11.3 Å². The third-order valence-corrected chi connectivity index (χ3v) is 3.21. The highest BCUT2D eigenvalue weighted by Crippen LogP contribution is 2.15. The quantitative estimate of drug-likeness (QED) is 0.841. The summed E-state index contributed by atoms with van der Waals surface area (Å²) in [5.74, 6) is 0. The Kier molecular flexibility index (Phi) is 4.40. The predicted octanol–water partition coefficient (Wildman–Crippen LogP) is 3.53. The Morgan fingerprint density at radius 1 is 1.28 bits per heavy atom. The molecule has 0 fully saturated rings. The number of nitrogens with zero attached hydrogens (tertiary/aromatic N) is 2. The number of aromatic nitrogens is 2. The lowest BCUT2D eigenvalue weighted by Crippen LogP contribution is -2.16. The second-order valence-electron chi connectivity index (χ2n) is 4.59. The van der Waals surface area contributed by atoms with Gasteiger partial charge in [-0.05, 0) is 30.5 Å². The fourth-order valence-corrected chi connectivity index (χ4v) is 2.08. The molecule has 0 saturated heterocycles. The lowest BCUT2D eigenvalue weighted by Gasteiger charge is -2.17. The van der Waals surface area contributed by atoms with Crippen molar-refractivity contribution in [3.63, 3.8) is 0 Å². The minimum absolute atomic E-state index is 0.563. The van der Waals surface area contributed by atoms with Crippen LogP contribution in [0.1, 0.15) is 32.3 Å². The summed E-state index contributed by atoms with van der Waals surface area (Å²) in [4.78, 5) is 4.06. The molecule has 96 valence electrons. The summed E-state index contributed by atoms with van der Waals surface area (Å²) < 4.78 is 2.08. The lowest BCUT2D eigenvalue weighted by molar-refractivity contribution is 0.671. The van der Waals surface area contributed by atoms with E-state index in [-0.39, 0.29) is 0 Å². The van der Waals surface area contributed by atoms with Crippen LogP contribution in [0.3, 0.4) is 0 Å². The van der Waals surface area contributed by atoms with Crippen LogP contribution in [0, 0.1) is 0 Å². The number of nitrogens with one attached hydrogen (secondary N) is 1. The van der Waals surface area contributed by atoms with Gasteiger partial charge in [0, 0.05) is 30.7 Å². The van der Waals surface area contributed by atoms with E-state index < -0.39 is 0 Å². The highest BCUT2D eigenvalue weighted by Gasteiger charge is 2.03. The van der Waals surface area contributed by atoms with Crippen LogP contribution < -0.4 is 5.32 Å². The largest absolute Gasteiger partial charge is 0.382 e. The Bertz CT molecular complexity index is 458. The van der Waals surface area contributed by atoms with Gasteiger partial charge in [0.05, 0.1) is 6.33 Å². The second kappa shape index (κ2) is 6.24. The Labute approximate surface area is 109 Å². The van der Waals surface area contributed by atoms with Crippen molar-refractivity contribution in [2.45, 2.75) is 39.3 Å². The maximum Gasteiger partial charge on any atom is 0.0949 e. The van der Waals surface area contributed by atoms with E-state index in [1.807, 2.05) is 18.7 Å². The highest BCUT2D eigenvalue weighted by molar-refractivity contribution is 5.46. The molecule has 0 saturated carbocycles. The normalized spacial score (nSPS) is 10.8. The number of benzene rings is 1. The van der Waals surface area contributed by atoms with Crippen LogP contribution in [0.2, 0.25) is 0 Å². The summed E-state index contributed by atoms with van der Waals surface area (Å²) in [7, 11) is 0. The molecule has 0 aliphatic rings. The summed E-state index contributed by atoms with van der Waals surface area (Å²) in [6.07, 6.45) is 7.96. The van der Waals surface area contributed by atoms with Gasteiger partial charge in [-0.1, -0.05) is 26.0 Å². The van der Waals surface area contributed by atoms with E-state index in [1.54, 1.807) is 0 Å². The van der Waals surface area contributed by atoms with Gasteiger partial charge in [-0.15, -0.1) is 0 Å². The average molecular weight is 243 g/mol. The third kappa shape index (κ3) is 3.36. The second-order valence-corrected chi connectivity index (χ2v) is 4.59. The molecule has 2 rings (SSSR count). The maximum atomic E-state index is 4.06. The van der Waals surface area contributed by atoms with Crippen LogP contribution >= 0.6 is 0 Å². The van der Waals surface area contributed by atoms with E-state index >= 15 is 0 Å². The molecule has 3 nitrogen and oxygen atoms in total. The van der Waals surface area contributed by atoms with Crippen LogP contribution in [0.4, 0.5) is 5.69 Å². The molecule has 1 heterocycles. The van der Waals surface area contributed by atoms with Gasteiger partial charge in [0.2, 0.25) is 0 Å². The summed E-state index contributed by atoms with van der Waals surface area (Å²) in [5.41, 5.74) is 2.50. The molecule has 0 aliphatic heterocycles. The lowest BCUT2D eigenvalue weighted by atomic mass is 10.1. The Morgan fingerprint density at radius 3 is 2.78 bits per heavy atom. The SMILES string of the molecule is CCC(CC)Nc1cccc(Cn2ccnc2)c1. The zero-order chi connectivity index (χ0) is 12.8. The molecule has 1 N–H and O–H groups in total. The maximum absolute atomic E-state index is 4.06. The van der Waals surface area contributed by atoms with Crippen molar-refractivity contribution in [3.8, 4) is 0 Å². The van der Waals surface area contributed by atoms with Crippen molar-refractivity contribution in [1.29, 1.82) is 0 Å². The number of hydrogen-bond acceptors (Lipinski definition) is 2. The first kappa shape index (κ1) is 12.7. The topological polar surface area (TPSA) is 29.9 Å². The van der Waals surface area contributed by atoms with Gasteiger partial charge < -0.3 is 9.88 Å². The van der Waals surface area contributed by atoms with E-state index in [0.29, 0.717) is 6.04 Å². The molecule has 3 heteroatoms. The predicted molar refractivity (Wildman–Crippen MR) is 75.8 cm³/mol. The third-order valence-electron chi connectivity index (χ3n) is 3.21. The molecule has 18 heavy (non-hydrogen) atoms. The fraction of sp³-hybridized carbons (Fsp3) is 0.400. The number of imidazole rings is 1. The molecule has 0 spiro atoms. The van der Waals surface area contributed by atoms with Crippen molar-refractivity contribution in [2.75, 3.05) is 5.32 Å². The van der Waals surface area contributed by atoms with E-state index in [0.717, 1.165) is 19.4 Å². The van der Waals surface area contributed by atoms with Crippen LogP contribution in [0.15, 0.2) is 43.0 Å². The number of rotatable bonds is 6. The van der Waals surface area contributed by atoms with Crippen molar-refractivity contribution < 1.29 is 0 Å². The molecule has 0 radical (unpaired) electrons. The average Bonchev–Trinajstić information content (AvgIpc) is 2.89. The first-order chi connectivity index (χ1) is 8.81. The monoisotopic (exact) mass is 243 g/mol. The van der Waals surface area contributed by atoms with Crippen LogP contribution in [-0.4, -0.2) is 15.6 Å². The van der Waals surface area contributed by atoms with Crippen molar-refractivity contribution in [2.24, 2.45) is 0 Å². The Hall–Kier alpha value is -1.77. The number of hydrogen-bond donors (Lipinski definition) is 1. The van der Waals surface area contributed by atoms with Gasteiger partial charge in [-0.2, -0.15) is 0 Å². The molecule has 0 aliphatic carbocycles. The summed E-state index contributed by atoms with van der Waals surface area (Å²) in [6, 6.07) is 9.18. The molecular weight excluding hydrogens is 222 g/mol. The van der Waals surface area contributed by atoms with E-state index in [9.17, 15) is 0 Å². The molecular formula is C15H21N3. The Morgan fingerprint density at radius 2 is 2.11 bits per heavy atom. The summed E-state index contributed by atoms with van der Waals surface area (Å²) in [6.45, 7) is 5.31. The van der Waals surface area contributed by atoms with Crippen LogP contribution in [0.5, 0.6) is 0 Å². The van der Waals surface area contributed by atoms with Crippen molar-refractivity contribution in [3.05, 3.63) is 48.5 Å². The molecule has 0 atom stereocenters. The Balaban J connectivity index is 2.05. The van der Waals surface area contributed by atoms with E-state index in [2.05, 4.69) is 53.0 Å². The molecule has 0 amide bonds. The van der Waals surface area contributed by atoms with Gasteiger partial charge in [0.15, 0.2) is 0 Å². The summed E-state index contributed by atoms with van der Waals surface area (Å²) >= 11 is 0. The van der Waals surface area contributed by atoms with Crippen LogP contribution in [-0.2, 0) is 6.54 Å². The fourth-order valence-electron chi connectivity index (χ4n) is 2.08. The van der Waals surface area contributed by atoms with Gasteiger partial charge in [-0.25, -0.2) is 4.98 Å². The number of anilines is 1. The van der Waals surface area contributed by atoms with Gasteiger partial charge in [0.1, 0.15) is 0 Å². The first-order valence-electron chi connectivity index (χ1n) is 6.63. The molecule has 2 aromatic rings.